The monoisotopic (exact) mass is 306 g/mol. The smallest absolute Gasteiger partial charge is 0.251 e. The van der Waals surface area contributed by atoms with E-state index in [-0.39, 0.29) is 0 Å². The Morgan fingerprint density at radius 1 is 1.39 bits per heavy atom. The molecule has 0 unspecified atom stereocenters. The van der Waals surface area contributed by atoms with Crippen molar-refractivity contribution in [1.82, 2.24) is 24.1 Å². The highest BCUT2D eigenvalue weighted by Crippen LogP contribution is 2.16. The lowest BCUT2D eigenvalue weighted by molar-refractivity contribution is 0.100. The average molecular weight is 307 g/mol. The Bertz CT molecular complexity index is 746. The van der Waals surface area contributed by atoms with Crippen molar-refractivity contribution in [3.05, 3.63) is 41.2 Å². The minimum atomic E-state index is -0.532. The van der Waals surface area contributed by atoms with Crippen molar-refractivity contribution >= 4 is 27.5 Å². The summed E-state index contributed by atoms with van der Waals surface area (Å²) in [5, 5.41) is 4.06. The number of fused-ring (bicyclic) bond motifs is 1. The highest BCUT2D eigenvalue weighted by atomic mass is 79.9. The summed E-state index contributed by atoms with van der Waals surface area (Å²) < 4.78 is 3.91. The summed E-state index contributed by atoms with van der Waals surface area (Å²) in [6.45, 7) is 0. The molecule has 90 valence electrons. The van der Waals surface area contributed by atoms with E-state index < -0.39 is 5.91 Å². The van der Waals surface area contributed by atoms with Crippen LogP contribution in [0.2, 0.25) is 0 Å². The number of primary amides is 1. The number of aromatic nitrogens is 5. The molecular formula is C10H7BrN6O. The number of nitrogens with two attached hydrogens (primary N) is 1. The predicted molar refractivity (Wildman–Crippen MR) is 66.3 cm³/mol. The zero-order chi connectivity index (χ0) is 12.7. The third-order valence-corrected chi connectivity index (χ3v) is 2.79. The molecule has 0 aliphatic carbocycles. The summed E-state index contributed by atoms with van der Waals surface area (Å²) in [6.07, 6.45) is 8.15. The largest absolute Gasteiger partial charge is 0.366 e. The van der Waals surface area contributed by atoms with Gasteiger partial charge in [0.05, 0.1) is 11.8 Å². The summed E-state index contributed by atoms with van der Waals surface area (Å²) in [5.74, 6) is -0.0162. The maximum atomic E-state index is 11.0. The molecule has 0 radical (unpaired) electrons. The standard InChI is InChI=1S/C10H7BrN6O/c11-7-5-16-2-1-13-9(16)10(15-7)17-4-6(3-14-17)8(12)18/h1-5H,(H2,12,18). The molecule has 0 atom stereocenters. The summed E-state index contributed by atoms with van der Waals surface area (Å²) in [7, 11) is 0. The van der Waals surface area contributed by atoms with Crippen LogP contribution in [0, 0.1) is 0 Å². The molecule has 0 fully saturated rings. The summed E-state index contributed by atoms with van der Waals surface area (Å²) in [5.41, 5.74) is 6.14. The van der Waals surface area contributed by atoms with Crippen LogP contribution >= 0.6 is 15.9 Å². The van der Waals surface area contributed by atoms with E-state index in [9.17, 15) is 4.79 Å². The molecule has 2 N–H and O–H groups in total. The summed E-state index contributed by atoms with van der Waals surface area (Å²) in [4.78, 5) is 19.5. The van der Waals surface area contributed by atoms with E-state index in [2.05, 4.69) is 31.0 Å². The Morgan fingerprint density at radius 2 is 2.22 bits per heavy atom. The van der Waals surface area contributed by atoms with Crippen molar-refractivity contribution in [3.63, 3.8) is 0 Å². The lowest BCUT2D eigenvalue weighted by Crippen LogP contribution is -2.09. The average Bonchev–Trinajstić information content (AvgIpc) is 2.95. The topological polar surface area (TPSA) is 91.1 Å². The minimum Gasteiger partial charge on any atom is -0.366 e. The van der Waals surface area contributed by atoms with Crippen LogP contribution < -0.4 is 5.73 Å². The van der Waals surface area contributed by atoms with Crippen molar-refractivity contribution in [3.8, 4) is 5.82 Å². The highest BCUT2D eigenvalue weighted by molar-refractivity contribution is 9.10. The molecule has 0 bridgehead atoms. The molecule has 3 rings (SSSR count). The van der Waals surface area contributed by atoms with Gasteiger partial charge in [-0.15, -0.1) is 0 Å². The molecule has 0 aliphatic heterocycles. The zero-order valence-electron chi connectivity index (χ0n) is 8.99. The van der Waals surface area contributed by atoms with Crippen molar-refractivity contribution in [1.29, 1.82) is 0 Å². The number of carbonyl (C=O) groups is 1. The van der Waals surface area contributed by atoms with Crippen LogP contribution in [0.5, 0.6) is 0 Å². The number of rotatable bonds is 2. The molecule has 0 saturated carbocycles. The molecule has 0 aromatic carbocycles. The Labute approximate surface area is 109 Å². The minimum absolute atomic E-state index is 0.321. The molecule has 0 aliphatic rings. The first-order valence-corrected chi connectivity index (χ1v) is 5.78. The zero-order valence-corrected chi connectivity index (χ0v) is 10.6. The number of carbonyl (C=O) groups excluding carboxylic acids is 1. The van der Waals surface area contributed by atoms with Crippen LogP contribution in [0.15, 0.2) is 35.6 Å². The summed E-state index contributed by atoms with van der Waals surface area (Å²) >= 11 is 3.31. The Hall–Kier alpha value is -2.22. The van der Waals surface area contributed by atoms with E-state index in [1.165, 1.54) is 17.1 Å². The Kier molecular flexibility index (Phi) is 2.37. The normalized spacial score (nSPS) is 10.9. The SMILES string of the molecule is NC(=O)c1cnn(-c2nc(Br)cn3ccnc23)c1. The number of imidazole rings is 1. The van der Waals surface area contributed by atoms with Crippen LogP contribution in [0.1, 0.15) is 10.4 Å². The molecule has 3 aromatic heterocycles. The quantitative estimate of drug-likeness (QED) is 0.757. The molecule has 0 saturated heterocycles. The number of hydrogen-bond donors (Lipinski definition) is 1. The fraction of sp³-hybridized carbons (Fsp3) is 0. The van der Waals surface area contributed by atoms with Gasteiger partial charge in [-0.3, -0.25) is 4.79 Å². The van der Waals surface area contributed by atoms with Gasteiger partial charge in [0, 0.05) is 24.8 Å². The van der Waals surface area contributed by atoms with Gasteiger partial charge in [-0.1, -0.05) is 0 Å². The Morgan fingerprint density at radius 3 is 2.94 bits per heavy atom. The van der Waals surface area contributed by atoms with Crippen molar-refractivity contribution < 1.29 is 4.79 Å². The second kappa shape index (κ2) is 3.91. The molecule has 3 aromatic rings. The van der Waals surface area contributed by atoms with Crippen LogP contribution in [-0.4, -0.2) is 30.1 Å². The highest BCUT2D eigenvalue weighted by Gasteiger charge is 2.11. The first-order valence-electron chi connectivity index (χ1n) is 4.99. The van der Waals surface area contributed by atoms with Gasteiger partial charge in [-0.05, 0) is 15.9 Å². The second-order valence-corrected chi connectivity index (χ2v) is 4.40. The van der Waals surface area contributed by atoms with Crippen molar-refractivity contribution in [2.24, 2.45) is 5.73 Å². The molecule has 8 heteroatoms. The Balaban J connectivity index is 2.23. The van der Waals surface area contributed by atoms with Crippen LogP contribution in [0.4, 0.5) is 0 Å². The van der Waals surface area contributed by atoms with E-state index in [0.29, 0.717) is 21.6 Å². The fourth-order valence-electron chi connectivity index (χ4n) is 1.60. The fourth-order valence-corrected chi connectivity index (χ4v) is 1.99. The lowest BCUT2D eigenvalue weighted by atomic mass is 10.3. The molecule has 7 nitrogen and oxygen atoms in total. The van der Waals surface area contributed by atoms with Crippen LogP contribution in [0.3, 0.4) is 0 Å². The third kappa shape index (κ3) is 1.66. The van der Waals surface area contributed by atoms with Crippen molar-refractivity contribution in [2.75, 3.05) is 0 Å². The molecule has 3 heterocycles. The van der Waals surface area contributed by atoms with Crippen LogP contribution in [-0.2, 0) is 0 Å². The van der Waals surface area contributed by atoms with Gasteiger partial charge in [0.2, 0.25) is 0 Å². The van der Waals surface area contributed by atoms with Gasteiger partial charge in [0.1, 0.15) is 4.60 Å². The molecule has 0 spiro atoms. The van der Waals surface area contributed by atoms with E-state index in [1.54, 1.807) is 23.0 Å². The maximum absolute atomic E-state index is 11.0. The van der Waals surface area contributed by atoms with Gasteiger partial charge >= 0.3 is 0 Å². The van der Waals surface area contributed by atoms with Gasteiger partial charge in [-0.2, -0.15) is 5.10 Å². The van der Waals surface area contributed by atoms with E-state index in [4.69, 9.17) is 5.73 Å². The van der Waals surface area contributed by atoms with E-state index in [1.807, 2.05) is 0 Å². The van der Waals surface area contributed by atoms with E-state index >= 15 is 0 Å². The van der Waals surface area contributed by atoms with Gasteiger partial charge in [0.15, 0.2) is 11.5 Å². The first kappa shape index (κ1) is 10.9. The van der Waals surface area contributed by atoms with Crippen molar-refractivity contribution in [2.45, 2.75) is 0 Å². The van der Waals surface area contributed by atoms with E-state index in [0.717, 1.165) is 0 Å². The molecule has 18 heavy (non-hydrogen) atoms. The molecule has 1 amide bonds. The first-order chi connectivity index (χ1) is 8.65. The maximum Gasteiger partial charge on any atom is 0.251 e. The second-order valence-electron chi connectivity index (χ2n) is 3.58. The predicted octanol–water partition coefficient (Wildman–Crippen LogP) is 0.776. The van der Waals surface area contributed by atoms with Gasteiger partial charge < -0.3 is 10.1 Å². The number of amides is 1. The third-order valence-electron chi connectivity index (χ3n) is 2.41. The lowest BCUT2D eigenvalue weighted by Gasteiger charge is -2.03. The number of halogens is 1. The number of nitrogens with zero attached hydrogens (tertiary/aromatic N) is 5. The van der Waals surface area contributed by atoms with Crippen LogP contribution in [0.25, 0.3) is 11.5 Å². The van der Waals surface area contributed by atoms with Gasteiger partial charge in [-0.25, -0.2) is 14.6 Å². The molecular weight excluding hydrogens is 300 g/mol. The van der Waals surface area contributed by atoms with Gasteiger partial charge in [0.25, 0.3) is 5.91 Å². The number of hydrogen-bond acceptors (Lipinski definition) is 4. The summed E-state index contributed by atoms with van der Waals surface area (Å²) in [6, 6.07) is 0.